The van der Waals surface area contributed by atoms with Crippen molar-refractivity contribution in [3.8, 4) is 0 Å². The first-order chi connectivity index (χ1) is 14.4. The lowest BCUT2D eigenvalue weighted by Gasteiger charge is -2.28. The standard InChI is InChI=1S/C22H23BrN4O3/c1-2-20(28)24-17-6-3-5-14(13-17)21(29)25-15-9-11-16(12-10-15)26-22(30)18-7-4-8-19(23)27-18/h2,4,7-12,14,17H,1,3,5-6,13H2,(H,24,28)(H,25,29)(H,26,30). The number of benzene rings is 1. The van der Waals surface area contributed by atoms with Gasteiger partial charge in [0.2, 0.25) is 11.8 Å². The summed E-state index contributed by atoms with van der Waals surface area (Å²) >= 11 is 3.24. The highest BCUT2D eigenvalue weighted by atomic mass is 79.9. The van der Waals surface area contributed by atoms with Gasteiger partial charge in [0.05, 0.1) is 0 Å². The number of aromatic nitrogens is 1. The Kier molecular flexibility index (Phi) is 7.35. The lowest BCUT2D eigenvalue weighted by Crippen LogP contribution is -2.40. The molecular weight excluding hydrogens is 448 g/mol. The van der Waals surface area contributed by atoms with Crippen molar-refractivity contribution in [1.82, 2.24) is 10.3 Å². The van der Waals surface area contributed by atoms with Gasteiger partial charge in [0.1, 0.15) is 10.3 Å². The van der Waals surface area contributed by atoms with Crippen molar-refractivity contribution >= 4 is 45.0 Å². The predicted molar refractivity (Wildman–Crippen MR) is 119 cm³/mol. The van der Waals surface area contributed by atoms with Crippen LogP contribution in [-0.2, 0) is 9.59 Å². The number of carbonyl (C=O) groups is 3. The third kappa shape index (κ3) is 6.00. The van der Waals surface area contributed by atoms with Gasteiger partial charge in [-0.2, -0.15) is 0 Å². The van der Waals surface area contributed by atoms with Crippen LogP contribution >= 0.6 is 15.9 Å². The van der Waals surface area contributed by atoms with Gasteiger partial charge >= 0.3 is 0 Å². The summed E-state index contributed by atoms with van der Waals surface area (Å²) in [5.41, 5.74) is 1.55. The van der Waals surface area contributed by atoms with Crippen molar-refractivity contribution in [3.63, 3.8) is 0 Å². The van der Waals surface area contributed by atoms with Gasteiger partial charge < -0.3 is 16.0 Å². The molecule has 1 aromatic heterocycles. The smallest absolute Gasteiger partial charge is 0.274 e. The van der Waals surface area contributed by atoms with Crippen LogP contribution in [-0.4, -0.2) is 28.7 Å². The summed E-state index contributed by atoms with van der Waals surface area (Å²) in [4.78, 5) is 40.5. The highest BCUT2D eigenvalue weighted by Crippen LogP contribution is 2.26. The first-order valence-electron chi connectivity index (χ1n) is 9.72. The van der Waals surface area contributed by atoms with Gasteiger partial charge in [0.25, 0.3) is 5.91 Å². The quantitative estimate of drug-likeness (QED) is 0.440. The molecule has 0 bridgehead atoms. The van der Waals surface area contributed by atoms with Gasteiger partial charge in [-0.25, -0.2) is 4.98 Å². The van der Waals surface area contributed by atoms with Gasteiger partial charge in [0, 0.05) is 23.3 Å². The molecule has 0 saturated heterocycles. The Morgan fingerprint density at radius 1 is 1.03 bits per heavy atom. The Morgan fingerprint density at radius 3 is 2.40 bits per heavy atom. The van der Waals surface area contributed by atoms with E-state index in [1.54, 1.807) is 42.5 Å². The third-order valence-electron chi connectivity index (χ3n) is 4.93. The maximum atomic E-state index is 12.6. The molecule has 1 aliphatic rings. The number of carbonyl (C=O) groups excluding carboxylic acids is 3. The van der Waals surface area contributed by atoms with Crippen LogP contribution in [0.4, 0.5) is 11.4 Å². The Labute approximate surface area is 183 Å². The van der Waals surface area contributed by atoms with Gasteiger partial charge in [-0.05, 0) is 77.7 Å². The van der Waals surface area contributed by atoms with Crippen molar-refractivity contribution in [2.45, 2.75) is 31.7 Å². The fraction of sp³-hybridized carbons (Fsp3) is 0.273. The van der Waals surface area contributed by atoms with Crippen LogP contribution in [0.25, 0.3) is 0 Å². The number of anilines is 2. The number of halogens is 1. The zero-order valence-corrected chi connectivity index (χ0v) is 17.9. The number of amides is 3. The zero-order chi connectivity index (χ0) is 21.5. The van der Waals surface area contributed by atoms with Crippen molar-refractivity contribution in [3.05, 3.63) is 65.4 Å². The molecular formula is C22H23BrN4O3. The van der Waals surface area contributed by atoms with Crippen LogP contribution in [0.3, 0.4) is 0 Å². The van der Waals surface area contributed by atoms with Gasteiger partial charge in [-0.15, -0.1) is 0 Å². The van der Waals surface area contributed by atoms with Gasteiger partial charge in [0.15, 0.2) is 0 Å². The van der Waals surface area contributed by atoms with E-state index in [-0.39, 0.29) is 29.7 Å². The second kappa shape index (κ2) is 10.2. The minimum atomic E-state index is -0.317. The number of nitrogens with zero attached hydrogens (tertiary/aromatic N) is 1. The Morgan fingerprint density at radius 2 is 1.73 bits per heavy atom. The van der Waals surface area contributed by atoms with Crippen LogP contribution in [0.1, 0.15) is 36.2 Å². The average molecular weight is 471 g/mol. The fourth-order valence-corrected chi connectivity index (χ4v) is 3.77. The first kappa shape index (κ1) is 21.7. The number of hydrogen-bond donors (Lipinski definition) is 3. The van der Waals surface area contributed by atoms with E-state index in [2.05, 4.69) is 43.4 Å². The topological polar surface area (TPSA) is 100 Å². The summed E-state index contributed by atoms with van der Waals surface area (Å²) in [6.07, 6.45) is 4.40. The molecule has 30 heavy (non-hydrogen) atoms. The molecule has 3 N–H and O–H groups in total. The highest BCUT2D eigenvalue weighted by molar-refractivity contribution is 9.10. The van der Waals surface area contributed by atoms with Crippen molar-refractivity contribution in [2.75, 3.05) is 10.6 Å². The summed E-state index contributed by atoms with van der Waals surface area (Å²) in [7, 11) is 0. The van der Waals surface area contributed by atoms with E-state index < -0.39 is 0 Å². The van der Waals surface area contributed by atoms with E-state index in [1.165, 1.54) is 6.08 Å². The lowest BCUT2D eigenvalue weighted by molar-refractivity contribution is -0.122. The first-order valence-corrected chi connectivity index (χ1v) is 10.5. The molecule has 0 radical (unpaired) electrons. The van der Waals surface area contributed by atoms with Crippen molar-refractivity contribution in [2.24, 2.45) is 5.92 Å². The van der Waals surface area contributed by atoms with Crippen LogP contribution in [0, 0.1) is 5.92 Å². The summed E-state index contributed by atoms with van der Waals surface area (Å²) in [5, 5.41) is 8.57. The third-order valence-corrected chi connectivity index (χ3v) is 5.38. The van der Waals surface area contributed by atoms with Crippen molar-refractivity contribution in [1.29, 1.82) is 0 Å². The summed E-state index contributed by atoms with van der Waals surface area (Å²) < 4.78 is 0.585. The molecule has 1 saturated carbocycles. The largest absolute Gasteiger partial charge is 0.350 e. The highest BCUT2D eigenvalue weighted by Gasteiger charge is 2.27. The van der Waals surface area contributed by atoms with Crippen LogP contribution < -0.4 is 16.0 Å². The number of pyridine rings is 1. The Balaban J connectivity index is 1.54. The Bertz CT molecular complexity index is 946. The maximum absolute atomic E-state index is 12.6. The zero-order valence-electron chi connectivity index (χ0n) is 16.4. The molecule has 1 fully saturated rings. The van der Waals surface area contributed by atoms with E-state index >= 15 is 0 Å². The summed E-state index contributed by atoms with van der Waals surface area (Å²) in [5.74, 6) is -0.752. The fourth-order valence-electron chi connectivity index (χ4n) is 3.43. The minimum absolute atomic E-state index is 0.00998. The average Bonchev–Trinajstić information content (AvgIpc) is 2.75. The molecule has 3 amide bonds. The molecule has 2 unspecified atom stereocenters. The summed E-state index contributed by atoms with van der Waals surface area (Å²) in [6.45, 7) is 3.46. The summed E-state index contributed by atoms with van der Waals surface area (Å²) in [6, 6.07) is 12.0. The predicted octanol–water partition coefficient (Wildman–Crippen LogP) is 3.90. The van der Waals surface area contributed by atoms with Crippen LogP contribution in [0.15, 0.2) is 59.7 Å². The molecule has 2 atom stereocenters. The second-order valence-corrected chi connectivity index (χ2v) is 7.95. The lowest BCUT2D eigenvalue weighted by atomic mass is 9.85. The van der Waals surface area contributed by atoms with Crippen LogP contribution in [0.2, 0.25) is 0 Å². The molecule has 1 heterocycles. The number of hydrogen-bond acceptors (Lipinski definition) is 4. The molecule has 2 aromatic rings. The molecule has 7 nitrogen and oxygen atoms in total. The number of rotatable bonds is 6. The Hall–Kier alpha value is -3.00. The number of nitrogens with one attached hydrogen (secondary N) is 3. The minimum Gasteiger partial charge on any atom is -0.350 e. The van der Waals surface area contributed by atoms with E-state index in [0.29, 0.717) is 28.1 Å². The molecule has 156 valence electrons. The van der Waals surface area contributed by atoms with Gasteiger partial charge in [-0.1, -0.05) is 19.1 Å². The monoisotopic (exact) mass is 470 g/mol. The van der Waals surface area contributed by atoms with E-state index in [0.717, 1.165) is 19.3 Å². The molecule has 0 spiro atoms. The molecule has 1 aromatic carbocycles. The van der Waals surface area contributed by atoms with Gasteiger partial charge in [-0.3, -0.25) is 14.4 Å². The van der Waals surface area contributed by atoms with Crippen LogP contribution in [0.5, 0.6) is 0 Å². The molecule has 1 aliphatic carbocycles. The van der Waals surface area contributed by atoms with E-state index in [4.69, 9.17) is 0 Å². The molecule has 3 rings (SSSR count). The SMILES string of the molecule is C=CC(=O)NC1CCCC(C(=O)Nc2ccc(NC(=O)c3cccc(Br)n3)cc2)C1. The van der Waals surface area contributed by atoms with E-state index in [1.807, 2.05) is 0 Å². The van der Waals surface area contributed by atoms with E-state index in [9.17, 15) is 14.4 Å². The maximum Gasteiger partial charge on any atom is 0.274 e. The molecule has 0 aliphatic heterocycles. The van der Waals surface area contributed by atoms with Crippen molar-refractivity contribution < 1.29 is 14.4 Å². The molecule has 8 heteroatoms. The normalized spacial score (nSPS) is 18.2. The second-order valence-electron chi connectivity index (χ2n) is 7.14.